The maximum absolute atomic E-state index is 14.6. The molecular weight excluding hydrogens is 383 g/mol. The van der Waals surface area contributed by atoms with Gasteiger partial charge in [-0.05, 0) is 37.0 Å². The Morgan fingerprint density at radius 1 is 1.13 bits per heavy atom. The lowest BCUT2D eigenvalue weighted by molar-refractivity contribution is -0.119. The van der Waals surface area contributed by atoms with Gasteiger partial charge in [-0.25, -0.2) is 14.2 Å². The number of rotatable bonds is 6. The van der Waals surface area contributed by atoms with E-state index in [2.05, 4.69) is 29.5 Å². The predicted octanol–water partition coefficient (Wildman–Crippen LogP) is 3.70. The first kappa shape index (κ1) is 21.5. The average Bonchev–Trinajstić information content (AvgIpc) is 2.82. The molecule has 0 aliphatic carbocycles. The van der Waals surface area contributed by atoms with E-state index in [-0.39, 0.29) is 5.56 Å². The Bertz CT molecular complexity index is 958. The van der Waals surface area contributed by atoms with Gasteiger partial charge in [-0.15, -0.1) is 0 Å². The Morgan fingerprint density at radius 3 is 2.50 bits per heavy atom. The average molecular weight is 410 g/mol. The first-order chi connectivity index (χ1) is 14.4. The number of carbonyl (C=O) groups excluding carboxylic acids is 2. The number of urea groups is 1. The highest BCUT2D eigenvalue weighted by Gasteiger charge is 2.31. The fraction of sp³-hybridized carbons (Fsp3) is 0.348. The number of hydrogen-bond acceptors (Lipinski definition) is 3. The van der Waals surface area contributed by atoms with E-state index in [1.54, 1.807) is 43.4 Å². The third-order valence-electron chi connectivity index (χ3n) is 4.98. The number of benzodiazepines with no additional fused rings is 1. The third-order valence-corrected chi connectivity index (χ3v) is 4.98. The summed E-state index contributed by atoms with van der Waals surface area (Å²) in [6.45, 7) is 4.75. The minimum atomic E-state index is -1.16. The molecular formula is C23H27FN4O2. The van der Waals surface area contributed by atoms with Crippen LogP contribution in [0.3, 0.4) is 0 Å². The van der Waals surface area contributed by atoms with E-state index in [4.69, 9.17) is 0 Å². The van der Waals surface area contributed by atoms with Crippen molar-refractivity contribution in [2.24, 2.45) is 10.9 Å². The predicted molar refractivity (Wildman–Crippen MR) is 116 cm³/mol. The van der Waals surface area contributed by atoms with Gasteiger partial charge in [-0.3, -0.25) is 4.79 Å². The van der Waals surface area contributed by atoms with Gasteiger partial charge in [0.05, 0.1) is 11.4 Å². The van der Waals surface area contributed by atoms with Crippen LogP contribution in [0.5, 0.6) is 0 Å². The van der Waals surface area contributed by atoms with E-state index in [0.717, 1.165) is 12.8 Å². The number of aliphatic imine (C=N–C) groups is 1. The van der Waals surface area contributed by atoms with Gasteiger partial charge in [0.15, 0.2) is 0 Å². The standard InChI is InChI=1S/C23H27FN4O2/c1-15(2)9-8-14-25-23(30)27-21-22(29)28(3)19-13-7-5-11-17(19)20(26-21)16-10-4-6-12-18(16)24/h4-7,10-13,15,21H,8-9,14H2,1-3H3,(H2,25,27,30). The molecule has 6 nitrogen and oxygen atoms in total. The Labute approximate surface area is 176 Å². The van der Waals surface area contributed by atoms with Crippen LogP contribution in [0.4, 0.5) is 14.9 Å². The van der Waals surface area contributed by atoms with Crippen molar-refractivity contribution in [3.63, 3.8) is 0 Å². The second-order valence-electron chi connectivity index (χ2n) is 7.71. The summed E-state index contributed by atoms with van der Waals surface area (Å²) in [7, 11) is 1.62. The lowest BCUT2D eigenvalue weighted by Crippen LogP contribution is -2.49. The maximum Gasteiger partial charge on any atom is 0.316 e. The van der Waals surface area contributed by atoms with Crippen LogP contribution in [0.25, 0.3) is 0 Å². The largest absolute Gasteiger partial charge is 0.338 e. The van der Waals surface area contributed by atoms with Crippen LogP contribution in [0.2, 0.25) is 0 Å². The number of benzene rings is 2. The highest BCUT2D eigenvalue weighted by Crippen LogP contribution is 2.27. The van der Waals surface area contributed by atoms with Gasteiger partial charge in [0.2, 0.25) is 6.17 Å². The molecule has 0 saturated carbocycles. The molecule has 30 heavy (non-hydrogen) atoms. The summed E-state index contributed by atoms with van der Waals surface area (Å²) in [4.78, 5) is 31.3. The van der Waals surface area contributed by atoms with E-state index in [1.165, 1.54) is 11.0 Å². The number of halogens is 1. The van der Waals surface area contributed by atoms with Gasteiger partial charge in [-0.2, -0.15) is 0 Å². The molecule has 2 aromatic rings. The monoisotopic (exact) mass is 410 g/mol. The number of fused-ring (bicyclic) bond motifs is 1. The molecule has 0 aromatic heterocycles. The number of hydrogen-bond donors (Lipinski definition) is 2. The van der Waals surface area contributed by atoms with Crippen molar-refractivity contribution in [1.82, 2.24) is 10.6 Å². The normalized spacial score (nSPS) is 16.0. The Balaban J connectivity index is 1.90. The van der Waals surface area contributed by atoms with Gasteiger partial charge in [0.25, 0.3) is 5.91 Å². The van der Waals surface area contributed by atoms with Crippen LogP contribution in [0.1, 0.15) is 37.8 Å². The van der Waals surface area contributed by atoms with Crippen molar-refractivity contribution in [2.75, 3.05) is 18.5 Å². The minimum Gasteiger partial charge on any atom is -0.338 e. The van der Waals surface area contributed by atoms with Crippen molar-refractivity contribution in [2.45, 2.75) is 32.9 Å². The zero-order chi connectivity index (χ0) is 21.7. The van der Waals surface area contributed by atoms with E-state index in [1.807, 2.05) is 6.07 Å². The molecule has 1 aliphatic rings. The summed E-state index contributed by atoms with van der Waals surface area (Å²) < 4.78 is 14.6. The number of nitrogens with zero attached hydrogens (tertiary/aromatic N) is 2. The fourth-order valence-corrected chi connectivity index (χ4v) is 3.37. The zero-order valence-corrected chi connectivity index (χ0v) is 17.5. The number of carbonyl (C=O) groups is 2. The fourth-order valence-electron chi connectivity index (χ4n) is 3.37. The third kappa shape index (κ3) is 4.84. The summed E-state index contributed by atoms with van der Waals surface area (Å²) in [5.74, 6) is -0.288. The van der Waals surface area contributed by atoms with Gasteiger partial charge in [0.1, 0.15) is 5.82 Å². The van der Waals surface area contributed by atoms with Gasteiger partial charge in [-0.1, -0.05) is 44.2 Å². The van der Waals surface area contributed by atoms with Crippen LogP contribution in [-0.2, 0) is 4.79 Å². The van der Waals surface area contributed by atoms with Crippen LogP contribution < -0.4 is 15.5 Å². The van der Waals surface area contributed by atoms with Crippen molar-refractivity contribution in [3.05, 3.63) is 65.5 Å². The molecule has 1 unspecified atom stereocenters. The number of para-hydroxylation sites is 1. The molecule has 0 bridgehead atoms. The molecule has 0 saturated heterocycles. The summed E-state index contributed by atoms with van der Waals surface area (Å²) in [6.07, 6.45) is 0.678. The summed E-state index contributed by atoms with van der Waals surface area (Å²) in [5, 5.41) is 5.39. The topological polar surface area (TPSA) is 73.8 Å². The Hall–Kier alpha value is -3.22. The lowest BCUT2D eigenvalue weighted by atomic mass is 10.00. The first-order valence-electron chi connectivity index (χ1n) is 10.1. The molecule has 1 aliphatic heterocycles. The molecule has 7 heteroatoms. The van der Waals surface area contributed by atoms with Gasteiger partial charge in [0, 0.05) is 24.7 Å². The van der Waals surface area contributed by atoms with E-state index < -0.39 is 23.9 Å². The van der Waals surface area contributed by atoms with E-state index in [0.29, 0.717) is 29.4 Å². The first-order valence-corrected chi connectivity index (χ1v) is 10.1. The molecule has 1 atom stereocenters. The maximum atomic E-state index is 14.6. The molecule has 0 radical (unpaired) electrons. The molecule has 0 fully saturated rings. The summed E-state index contributed by atoms with van der Waals surface area (Å²) >= 11 is 0. The summed E-state index contributed by atoms with van der Waals surface area (Å²) in [5.41, 5.74) is 1.83. The smallest absolute Gasteiger partial charge is 0.316 e. The molecule has 158 valence electrons. The Kier molecular flexibility index (Phi) is 6.82. The van der Waals surface area contributed by atoms with Gasteiger partial charge >= 0.3 is 6.03 Å². The molecule has 1 heterocycles. The number of nitrogens with one attached hydrogen (secondary N) is 2. The van der Waals surface area contributed by atoms with Crippen LogP contribution in [0, 0.1) is 11.7 Å². The van der Waals surface area contributed by atoms with Gasteiger partial charge < -0.3 is 15.5 Å². The highest BCUT2D eigenvalue weighted by atomic mass is 19.1. The van der Waals surface area contributed by atoms with Crippen molar-refractivity contribution in [3.8, 4) is 0 Å². The quantitative estimate of drug-likeness (QED) is 0.713. The van der Waals surface area contributed by atoms with Crippen LogP contribution in [0.15, 0.2) is 53.5 Å². The molecule has 3 amide bonds. The highest BCUT2D eigenvalue weighted by molar-refractivity contribution is 6.20. The van der Waals surface area contributed by atoms with Crippen molar-refractivity contribution >= 4 is 23.3 Å². The SMILES string of the molecule is CC(C)CCCNC(=O)NC1N=C(c2ccccc2F)c2ccccc2N(C)C1=O. The number of anilines is 1. The molecule has 2 N–H and O–H groups in total. The molecule has 3 rings (SSSR count). The number of likely N-dealkylation sites (N-methyl/N-ethyl adjacent to an activating group) is 1. The van der Waals surface area contributed by atoms with Crippen LogP contribution >= 0.6 is 0 Å². The second-order valence-corrected chi connectivity index (χ2v) is 7.71. The Morgan fingerprint density at radius 2 is 1.80 bits per heavy atom. The molecule has 2 aromatic carbocycles. The summed E-state index contributed by atoms with van der Waals surface area (Å²) in [6, 6.07) is 13.0. The van der Waals surface area contributed by atoms with E-state index in [9.17, 15) is 14.0 Å². The van der Waals surface area contributed by atoms with Crippen LogP contribution in [-0.4, -0.2) is 37.4 Å². The zero-order valence-electron chi connectivity index (χ0n) is 17.5. The number of amides is 3. The van der Waals surface area contributed by atoms with Crippen molar-refractivity contribution in [1.29, 1.82) is 0 Å². The second kappa shape index (κ2) is 9.52. The molecule has 0 spiro atoms. The van der Waals surface area contributed by atoms with Crippen molar-refractivity contribution < 1.29 is 14.0 Å². The minimum absolute atomic E-state index is 0.275. The van der Waals surface area contributed by atoms with E-state index >= 15 is 0 Å². The lowest BCUT2D eigenvalue weighted by Gasteiger charge is -2.21.